The third-order valence-electron chi connectivity index (χ3n) is 3.94. The number of hydrogen-bond donors (Lipinski definition) is 0. The molecule has 28 heavy (non-hydrogen) atoms. The Kier molecular flexibility index (Phi) is 6.10. The number of ether oxygens (including phenoxy) is 2. The normalized spacial score (nSPS) is 10.5. The van der Waals surface area contributed by atoms with E-state index >= 15 is 0 Å². The summed E-state index contributed by atoms with van der Waals surface area (Å²) in [6.45, 7) is 0. The molecule has 3 aromatic rings. The van der Waals surface area contributed by atoms with E-state index in [0.717, 1.165) is 11.8 Å². The summed E-state index contributed by atoms with van der Waals surface area (Å²) in [7, 11) is 2.98. The predicted octanol–water partition coefficient (Wildman–Crippen LogP) is 3.36. The Bertz CT molecular complexity index is 1070. The van der Waals surface area contributed by atoms with Crippen molar-refractivity contribution in [1.82, 2.24) is 9.55 Å². The Labute approximate surface area is 164 Å². The van der Waals surface area contributed by atoms with Crippen molar-refractivity contribution in [3.63, 3.8) is 0 Å². The summed E-state index contributed by atoms with van der Waals surface area (Å²) in [4.78, 5) is 29.3. The molecule has 0 aliphatic carbocycles. The molecule has 0 N–H and O–H groups in total. The maximum Gasteiger partial charge on any atom is 0.287 e. The first-order valence-electron chi connectivity index (χ1n) is 8.25. The van der Waals surface area contributed by atoms with Gasteiger partial charge in [-0.05, 0) is 36.4 Å². The predicted molar refractivity (Wildman–Crippen MR) is 104 cm³/mol. The molecule has 6 nitrogen and oxygen atoms in total. The van der Waals surface area contributed by atoms with E-state index < -0.39 is 11.4 Å². The van der Waals surface area contributed by atoms with Crippen molar-refractivity contribution in [2.75, 3.05) is 20.0 Å². The lowest BCUT2D eigenvalue weighted by atomic mass is 10.1. The Balaban J connectivity index is 1.83. The smallest absolute Gasteiger partial charge is 0.287 e. The van der Waals surface area contributed by atoms with Gasteiger partial charge < -0.3 is 9.47 Å². The zero-order chi connectivity index (χ0) is 20.1. The maximum absolute atomic E-state index is 13.5. The van der Waals surface area contributed by atoms with Crippen LogP contribution in [-0.4, -0.2) is 35.3 Å². The summed E-state index contributed by atoms with van der Waals surface area (Å²) in [5, 5.41) is 0.141. The molecule has 0 aliphatic rings. The molecule has 0 spiro atoms. The van der Waals surface area contributed by atoms with Gasteiger partial charge in [-0.25, -0.2) is 9.37 Å². The van der Waals surface area contributed by atoms with Crippen LogP contribution in [0.1, 0.15) is 10.4 Å². The molecule has 1 heterocycles. The van der Waals surface area contributed by atoms with Gasteiger partial charge in [-0.2, -0.15) is 0 Å². The van der Waals surface area contributed by atoms with Gasteiger partial charge in [0.2, 0.25) is 0 Å². The quantitative estimate of drug-likeness (QED) is 0.447. The van der Waals surface area contributed by atoms with Crippen LogP contribution in [0.5, 0.6) is 11.5 Å². The number of carbonyl (C=O) groups is 1. The minimum atomic E-state index is -0.448. The van der Waals surface area contributed by atoms with E-state index in [1.54, 1.807) is 24.3 Å². The summed E-state index contributed by atoms with van der Waals surface area (Å²) in [5.41, 5.74) is 0.314. The van der Waals surface area contributed by atoms with Crippen molar-refractivity contribution in [1.29, 1.82) is 0 Å². The molecule has 0 saturated heterocycles. The van der Waals surface area contributed by atoms with Crippen LogP contribution in [0, 0.1) is 5.82 Å². The molecule has 0 amide bonds. The van der Waals surface area contributed by atoms with Crippen LogP contribution < -0.4 is 15.0 Å². The number of ketones is 1. The summed E-state index contributed by atoms with van der Waals surface area (Å²) in [6, 6.07) is 10.6. The number of rotatable bonds is 7. The third kappa shape index (κ3) is 4.23. The van der Waals surface area contributed by atoms with Gasteiger partial charge in [-0.15, -0.1) is 0 Å². The Morgan fingerprint density at radius 3 is 2.71 bits per heavy atom. The van der Waals surface area contributed by atoms with Crippen LogP contribution in [0.2, 0.25) is 0 Å². The van der Waals surface area contributed by atoms with Gasteiger partial charge in [0.05, 0.1) is 31.2 Å². The molecular formula is C20H17FN2O4S. The molecule has 0 bridgehead atoms. The second-order valence-corrected chi connectivity index (χ2v) is 6.63. The molecule has 0 saturated carbocycles. The van der Waals surface area contributed by atoms with Crippen molar-refractivity contribution in [3.05, 3.63) is 76.6 Å². The highest BCUT2D eigenvalue weighted by molar-refractivity contribution is 7.99. The van der Waals surface area contributed by atoms with Crippen LogP contribution in [-0.2, 0) is 0 Å². The molecule has 0 fully saturated rings. The fraction of sp³-hybridized carbons (Fsp3) is 0.150. The molecule has 1 aromatic heterocycles. The van der Waals surface area contributed by atoms with E-state index in [1.165, 1.54) is 49.4 Å². The number of thioether (sulfide) groups is 1. The number of nitrogens with zero attached hydrogens (tertiary/aromatic N) is 2. The van der Waals surface area contributed by atoms with Crippen molar-refractivity contribution in [2.45, 2.75) is 5.03 Å². The van der Waals surface area contributed by atoms with Crippen molar-refractivity contribution >= 4 is 17.5 Å². The molecule has 0 unspecified atom stereocenters. The first-order chi connectivity index (χ1) is 13.5. The molecule has 2 aromatic carbocycles. The highest BCUT2D eigenvalue weighted by Gasteiger charge is 2.16. The number of Topliss-reactive ketones (excluding diaryl/α,β-unsaturated/α-hetero) is 1. The number of aromatic nitrogens is 2. The van der Waals surface area contributed by atoms with Gasteiger partial charge in [-0.1, -0.05) is 17.8 Å². The van der Waals surface area contributed by atoms with E-state index in [2.05, 4.69) is 4.98 Å². The molecule has 0 atom stereocenters. The minimum absolute atomic E-state index is 0.0149. The molecule has 8 heteroatoms. The largest absolute Gasteiger partial charge is 0.497 e. The van der Waals surface area contributed by atoms with Gasteiger partial charge in [0.25, 0.3) is 5.56 Å². The number of carbonyl (C=O) groups excluding carboxylic acids is 1. The van der Waals surface area contributed by atoms with Crippen molar-refractivity contribution in [2.24, 2.45) is 0 Å². The Hall–Kier alpha value is -3.13. The molecule has 144 valence electrons. The van der Waals surface area contributed by atoms with E-state index in [1.807, 2.05) is 0 Å². The Morgan fingerprint density at radius 1 is 1.18 bits per heavy atom. The monoisotopic (exact) mass is 400 g/mol. The zero-order valence-corrected chi connectivity index (χ0v) is 16.0. The lowest BCUT2D eigenvalue weighted by Crippen LogP contribution is -2.21. The highest BCUT2D eigenvalue weighted by atomic mass is 32.2. The summed E-state index contributed by atoms with van der Waals surface area (Å²) >= 11 is 1.01. The SMILES string of the molecule is COc1ccc(OC)c(C(=O)CSc2nccn(-c3cccc(F)c3)c2=O)c1. The van der Waals surface area contributed by atoms with E-state index in [0.29, 0.717) is 22.7 Å². The first-order valence-corrected chi connectivity index (χ1v) is 9.23. The van der Waals surface area contributed by atoms with Crippen LogP contribution in [0.3, 0.4) is 0 Å². The molecule has 3 rings (SSSR count). The average Bonchev–Trinajstić information content (AvgIpc) is 2.72. The lowest BCUT2D eigenvalue weighted by molar-refractivity contribution is 0.101. The lowest BCUT2D eigenvalue weighted by Gasteiger charge is -2.10. The summed E-state index contributed by atoms with van der Waals surface area (Å²) < 4.78 is 25.1. The van der Waals surface area contributed by atoms with E-state index in [9.17, 15) is 14.0 Å². The van der Waals surface area contributed by atoms with Crippen LogP contribution in [0.25, 0.3) is 5.69 Å². The molecule has 0 aliphatic heterocycles. The number of halogens is 1. The van der Waals surface area contributed by atoms with E-state index in [4.69, 9.17) is 9.47 Å². The minimum Gasteiger partial charge on any atom is -0.497 e. The number of benzene rings is 2. The summed E-state index contributed by atoms with van der Waals surface area (Å²) in [5.74, 6) is 0.253. The highest BCUT2D eigenvalue weighted by Crippen LogP contribution is 2.26. The number of methoxy groups -OCH3 is 2. The topological polar surface area (TPSA) is 70.4 Å². The zero-order valence-electron chi connectivity index (χ0n) is 15.2. The third-order valence-corrected chi connectivity index (χ3v) is 4.90. The molecule has 0 radical (unpaired) electrons. The molecular weight excluding hydrogens is 383 g/mol. The average molecular weight is 400 g/mol. The maximum atomic E-state index is 13.5. The second kappa shape index (κ2) is 8.71. The Morgan fingerprint density at radius 2 is 2.00 bits per heavy atom. The number of hydrogen-bond acceptors (Lipinski definition) is 6. The van der Waals surface area contributed by atoms with Crippen LogP contribution >= 0.6 is 11.8 Å². The van der Waals surface area contributed by atoms with Crippen LogP contribution in [0.4, 0.5) is 4.39 Å². The van der Waals surface area contributed by atoms with Gasteiger partial charge in [0.15, 0.2) is 10.8 Å². The fourth-order valence-corrected chi connectivity index (χ4v) is 3.35. The van der Waals surface area contributed by atoms with Crippen LogP contribution in [0.15, 0.2) is 64.7 Å². The van der Waals surface area contributed by atoms with Gasteiger partial charge in [-0.3, -0.25) is 14.2 Å². The van der Waals surface area contributed by atoms with Gasteiger partial charge in [0, 0.05) is 12.4 Å². The van der Waals surface area contributed by atoms with Gasteiger partial charge in [0.1, 0.15) is 17.3 Å². The standard InChI is InChI=1S/C20H17FN2O4S/c1-26-15-6-7-18(27-2)16(11-15)17(24)12-28-19-20(25)23(9-8-22-19)14-5-3-4-13(21)10-14/h3-11H,12H2,1-2H3. The van der Waals surface area contributed by atoms with E-state index in [-0.39, 0.29) is 16.6 Å². The second-order valence-electron chi connectivity index (χ2n) is 5.67. The van der Waals surface area contributed by atoms with Crippen molar-refractivity contribution in [3.8, 4) is 17.2 Å². The first kappa shape index (κ1) is 19.6. The fourth-order valence-electron chi connectivity index (χ4n) is 2.57. The van der Waals surface area contributed by atoms with Gasteiger partial charge >= 0.3 is 0 Å². The van der Waals surface area contributed by atoms with Crippen molar-refractivity contribution < 1.29 is 18.7 Å². The summed E-state index contributed by atoms with van der Waals surface area (Å²) in [6.07, 6.45) is 2.89.